The number of tetrazole rings is 1. The Hall–Kier alpha value is -3.61. The summed E-state index contributed by atoms with van der Waals surface area (Å²) >= 11 is 0. The normalized spacial score (nSPS) is 15.5. The predicted molar refractivity (Wildman–Crippen MR) is 98.5 cm³/mol. The SMILES string of the molecule is CC1(C)CC(=O)c2ccc(-c3nnn(-c4cc(C#N)cc(C(F)(F)F)c4)n3)nc2C1. The number of benzene rings is 1. The molecule has 0 saturated carbocycles. The first-order chi connectivity index (χ1) is 14.1. The number of aromatic nitrogens is 5. The molecule has 0 aliphatic heterocycles. The molecule has 0 fully saturated rings. The third kappa shape index (κ3) is 3.66. The highest BCUT2D eigenvalue weighted by atomic mass is 19.4. The van der Waals surface area contributed by atoms with Gasteiger partial charge in [0.05, 0.1) is 28.6 Å². The number of hydrogen-bond acceptors (Lipinski definition) is 6. The lowest BCUT2D eigenvalue weighted by atomic mass is 9.75. The van der Waals surface area contributed by atoms with Crippen LogP contribution in [0.25, 0.3) is 17.2 Å². The van der Waals surface area contributed by atoms with Gasteiger partial charge in [0.15, 0.2) is 5.78 Å². The van der Waals surface area contributed by atoms with E-state index in [9.17, 15) is 18.0 Å². The minimum atomic E-state index is -4.62. The Morgan fingerprint density at radius 3 is 2.63 bits per heavy atom. The molecule has 4 rings (SSSR count). The first kappa shape index (κ1) is 19.7. The van der Waals surface area contributed by atoms with Crippen LogP contribution in [0.15, 0.2) is 30.3 Å². The average Bonchev–Trinajstić information content (AvgIpc) is 3.15. The number of rotatable bonds is 2. The Balaban J connectivity index is 1.73. The molecule has 0 unspecified atom stereocenters. The van der Waals surface area contributed by atoms with E-state index < -0.39 is 11.7 Å². The molecule has 0 bridgehead atoms. The first-order valence-corrected chi connectivity index (χ1v) is 9.02. The number of nitrogens with zero attached hydrogens (tertiary/aromatic N) is 6. The van der Waals surface area contributed by atoms with Crippen LogP contribution in [0.1, 0.15) is 47.4 Å². The van der Waals surface area contributed by atoms with E-state index in [-0.39, 0.29) is 28.3 Å². The summed E-state index contributed by atoms with van der Waals surface area (Å²) in [6, 6.07) is 7.78. The fraction of sp³-hybridized carbons (Fsp3) is 0.300. The van der Waals surface area contributed by atoms with Crippen LogP contribution in [0.2, 0.25) is 0 Å². The molecule has 7 nitrogen and oxygen atoms in total. The minimum Gasteiger partial charge on any atom is -0.294 e. The van der Waals surface area contributed by atoms with E-state index in [0.29, 0.717) is 29.8 Å². The summed E-state index contributed by atoms with van der Waals surface area (Å²) in [5.74, 6) is 0.120. The number of pyridine rings is 1. The summed E-state index contributed by atoms with van der Waals surface area (Å²) in [5, 5.41) is 20.9. The summed E-state index contributed by atoms with van der Waals surface area (Å²) in [7, 11) is 0. The van der Waals surface area contributed by atoms with Crippen molar-refractivity contribution in [2.24, 2.45) is 5.41 Å². The van der Waals surface area contributed by atoms with E-state index in [4.69, 9.17) is 5.26 Å². The number of ketones is 1. The van der Waals surface area contributed by atoms with Crippen LogP contribution >= 0.6 is 0 Å². The van der Waals surface area contributed by atoms with Crippen molar-refractivity contribution < 1.29 is 18.0 Å². The van der Waals surface area contributed by atoms with E-state index in [2.05, 4.69) is 20.4 Å². The molecule has 0 spiro atoms. The Morgan fingerprint density at radius 1 is 1.17 bits per heavy atom. The van der Waals surface area contributed by atoms with Gasteiger partial charge in [-0.1, -0.05) is 13.8 Å². The van der Waals surface area contributed by atoms with Gasteiger partial charge in [-0.25, -0.2) is 4.98 Å². The molecule has 30 heavy (non-hydrogen) atoms. The maximum atomic E-state index is 13.1. The summed E-state index contributed by atoms with van der Waals surface area (Å²) < 4.78 is 39.3. The molecule has 1 aromatic carbocycles. The topological polar surface area (TPSA) is 97.3 Å². The largest absolute Gasteiger partial charge is 0.416 e. The highest BCUT2D eigenvalue weighted by Gasteiger charge is 2.33. The van der Waals surface area contributed by atoms with E-state index in [1.165, 1.54) is 6.07 Å². The zero-order chi connectivity index (χ0) is 21.7. The molecule has 0 radical (unpaired) electrons. The van der Waals surface area contributed by atoms with Crippen molar-refractivity contribution in [3.05, 3.63) is 52.7 Å². The summed E-state index contributed by atoms with van der Waals surface area (Å²) in [6.45, 7) is 3.97. The lowest BCUT2D eigenvalue weighted by Crippen LogP contribution is -2.27. The molecular formula is C20H15F3N6O. The second-order valence-corrected chi connectivity index (χ2v) is 7.91. The molecule has 3 aromatic rings. The third-order valence-corrected chi connectivity index (χ3v) is 4.81. The molecule has 0 saturated heterocycles. The van der Waals surface area contributed by atoms with Crippen molar-refractivity contribution in [1.29, 1.82) is 5.26 Å². The Morgan fingerprint density at radius 2 is 1.93 bits per heavy atom. The summed E-state index contributed by atoms with van der Waals surface area (Å²) in [5.41, 5.74) is 0.131. The number of carbonyl (C=O) groups is 1. The van der Waals surface area contributed by atoms with Crippen molar-refractivity contribution in [1.82, 2.24) is 25.2 Å². The van der Waals surface area contributed by atoms with Gasteiger partial charge >= 0.3 is 6.18 Å². The third-order valence-electron chi connectivity index (χ3n) is 4.81. The first-order valence-electron chi connectivity index (χ1n) is 9.02. The molecule has 10 heteroatoms. The maximum Gasteiger partial charge on any atom is 0.416 e. The second-order valence-electron chi connectivity index (χ2n) is 7.91. The smallest absolute Gasteiger partial charge is 0.294 e. The van der Waals surface area contributed by atoms with Crippen LogP contribution in [0, 0.1) is 16.7 Å². The lowest BCUT2D eigenvalue weighted by Gasteiger charge is -2.29. The van der Waals surface area contributed by atoms with Crippen molar-refractivity contribution in [3.63, 3.8) is 0 Å². The maximum absolute atomic E-state index is 13.1. The van der Waals surface area contributed by atoms with Gasteiger partial charge in [0.25, 0.3) is 0 Å². The van der Waals surface area contributed by atoms with Gasteiger partial charge in [-0.2, -0.15) is 18.4 Å². The lowest BCUT2D eigenvalue weighted by molar-refractivity contribution is -0.137. The van der Waals surface area contributed by atoms with Crippen molar-refractivity contribution in [2.75, 3.05) is 0 Å². The molecule has 2 aromatic heterocycles. The minimum absolute atomic E-state index is 0.0184. The molecular weight excluding hydrogens is 397 g/mol. The number of carbonyl (C=O) groups excluding carboxylic acids is 1. The highest BCUT2D eigenvalue weighted by Crippen LogP contribution is 2.35. The van der Waals surface area contributed by atoms with Crippen molar-refractivity contribution >= 4 is 5.78 Å². The van der Waals surface area contributed by atoms with E-state index >= 15 is 0 Å². The highest BCUT2D eigenvalue weighted by molar-refractivity contribution is 5.98. The van der Waals surface area contributed by atoms with E-state index in [1.54, 1.807) is 18.2 Å². The van der Waals surface area contributed by atoms with Crippen molar-refractivity contribution in [3.8, 4) is 23.3 Å². The number of alkyl halides is 3. The van der Waals surface area contributed by atoms with E-state index in [0.717, 1.165) is 16.9 Å². The molecule has 0 N–H and O–H groups in total. The molecule has 1 aliphatic carbocycles. The fourth-order valence-corrected chi connectivity index (χ4v) is 3.44. The predicted octanol–water partition coefficient (Wildman–Crippen LogP) is 3.77. The molecule has 1 aliphatic rings. The summed E-state index contributed by atoms with van der Waals surface area (Å²) in [4.78, 5) is 17.7. The number of halogens is 3. The molecule has 0 atom stereocenters. The quantitative estimate of drug-likeness (QED) is 0.636. The van der Waals surface area contributed by atoms with E-state index in [1.807, 2.05) is 13.8 Å². The number of fused-ring (bicyclic) bond motifs is 1. The van der Waals surface area contributed by atoms with Crippen LogP contribution in [-0.4, -0.2) is 31.0 Å². The average molecular weight is 412 g/mol. The monoisotopic (exact) mass is 412 g/mol. The molecule has 2 heterocycles. The van der Waals surface area contributed by atoms with Gasteiger partial charge in [-0.3, -0.25) is 4.79 Å². The number of nitriles is 1. The van der Waals surface area contributed by atoms with Crippen molar-refractivity contribution in [2.45, 2.75) is 32.9 Å². The van der Waals surface area contributed by atoms with Crippen LogP contribution in [0.5, 0.6) is 0 Å². The van der Waals surface area contributed by atoms with Gasteiger partial charge in [-0.05, 0) is 47.4 Å². The van der Waals surface area contributed by atoms with Gasteiger partial charge in [0, 0.05) is 12.0 Å². The van der Waals surface area contributed by atoms with Crippen LogP contribution in [0.3, 0.4) is 0 Å². The van der Waals surface area contributed by atoms with Crippen LogP contribution in [0.4, 0.5) is 13.2 Å². The molecule has 0 amide bonds. The van der Waals surface area contributed by atoms with Crippen LogP contribution < -0.4 is 0 Å². The second kappa shape index (κ2) is 6.73. The zero-order valence-electron chi connectivity index (χ0n) is 16.0. The van der Waals surface area contributed by atoms with Gasteiger partial charge in [0.2, 0.25) is 5.82 Å². The van der Waals surface area contributed by atoms with Crippen LogP contribution in [-0.2, 0) is 12.6 Å². The van der Waals surface area contributed by atoms with Gasteiger partial charge in [0.1, 0.15) is 5.69 Å². The Kier molecular flexibility index (Phi) is 4.42. The summed E-state index contributed by atoms with van der Waals surface area (Å²) in [6.07, 6.45) is -3.58. The fourth-order valence-electron chi connectivity index (χ4n) is 3.44. The van der Waals surface area contributed by atoms with Gasteiger partial charge < -0.3 is 0 Å². The standard InChI is InChI=1S/C20H15F3N6O/c1-19(2)8-16-14(17(30)9-19)3-4-15(25-16)18-26-28-29(27-18)13-6-11(10-24)5-12(7-13)20(21,22)23/h3-7H,8-9H2,1-2H3. The number of hydrogen-bond donors (Lipinski definition) is 0. The zero-order valence-corrected chi connectivity index (χ0v) is 16.0. The number of Topliss-reactive ketones (excluding diaryl/α,β-unsaturated/α-hetero) is 1. The Bertz CT molecular complexity index is 1210. The molecule has 152 valence electrons. The Labute approximate surface area is 169 Å². The van der Waals surface area contributed by atoms with Gasteiger partial charge in [-0.15, -0.1) is 15.0 Å².